The number of carboxylic acid groups (broad SMARTS) is 1. The van der Waals surface area contributed by atoms with Gasteiger partial charge in [0.2, 0.25) is 0 Å². The molecular formula is C12H8N2O2. The molecule has 0 atom stereocenters. The van der Waals surface area contributed by atoms with Crippen LogP contribution in [0.5, 0.6) is 0 Å². The number of fused-ring (bicyclic) bond motifs is 3. The van der Waals surface area contributed by atoms with Gasteiger partial charge in [0, 0.05) is 11.6 Å². The van der Waals surface area contributed by atoms with E-state index in [1.165, 1.54) is 0 Å². The first-order valence-electron chi connectivity index (χ1n) is 4.84. The van der Waals surface area contributed by atoms with Crippen LogP contribution in [0.15, 0.2) is 42.9 Å². The number of hydrogen-bond donors (Lipinski definition) is 1. The van der Waals surface area contributed by atoms with Crippen molar-refractivity contribution < 1.29 is 9.90 Å². The van der Waals surface area contributed by atoms with Crippen LogP contribution in [0.1, 0.15) is 10.4 Å². The van der Waals surface area contributed by atoms with Crippen LogP contribution in [0.25, 0.3) is 16.4 Å². The second-order valence-corrected chi connectivity index (χ2v) is 3.59. The highest BCUT2D eigenvalue weighted by Gasteiger charge is 2.08. The first kappa shape index (κ1) is 8.91. The van der Waals surface area contributed by atoms with Gasteiger partial charge < -0.3 is 9.51 Å². The number of carbonyl (C=O) groups is 1. The Hall–Kier alpha value is -2.36. The van der Waals surface area contributed by atoms with Crippen LogP contribution in [-0.4, -0.2) is 20.5 Å². The molecule has 1 N–H and O–H groups in total. The summed E-state index contributed by atoms with van der Waals surface area (Å²) in [5.41, 5.74) is 2.01. The maximum Gasteiger partial charge on any atom is 0.337 e. The highest BCUT2D eigenvalue weighted by atomic mass is 16.4. The number of rotatable bonds is 1. The van der Waals surface area contributed by atoms with Crippen molar-refractivity contribution in [2.24, 2.45) is 0 Å². The highest BCUT2D eigenvalue weighted by molar-refractivity contribution is 5.97. The number of aromatic nitrogens is 2. The average molecular weight is 212 g/mol. The lowest BCUT2D eigenvalue weighted by Gasteiger charge is -1.99. The fourth-order valence-corrected chi connectivity index (χ4v) is 1.84. The molecule has 1 aromatic carbocycles. The molecule has 0 radical (unpaired) electrons. The summed E-state index contributed by atoms with van der Waals surface area (Å²) < 4.78 is 1.73. The van der Waals surface area contributed by atoms with E-state index >= 15 is 0 Å². The summed E-state index contributed by atoms with van der Waals surface area (Å²) >= 11 is 0. The van der Waals surface area contributed by atoms with Crippen LogP contribution in [0.2, 0.25) is 0 Å². The summed E-state index contributed by atoms with van der Waals surface area (Å²) in [6.07, 6.45) is 3.20. The summed E-state index contributed by atoms with van der Waals surface area (Å²) in [5.74, 6) is -0.923. The summed E-state index contributed by atoms with van der Waals surface area (Å²) in [6, 6.07) is 9.32. The molecule has 0 unspecified atom stereocenters. The Morgan fingerprint density at radius 2 is 2.12 bits per heavy atom. The van der Waals surface area contributed by atoms with Gasteiger partial charge in [0.15, 0.2) is 0 Å². The molecule has 78 valence electrons. The Morgan fingerprint density at radius 3 is 2.94 bits per heavy atom. The van der Waals surface area contributed by atoms with Crippen LogP contribution < -0.4 is 0 Å². The van der Waals surface area contributed by atoms with Gasteiger partial charge in [0.05, 0.1) is 22.9 Å². The first-order valence-corrected chi connectivity index (χ1v) is 4.84. The van der Waals surface area contributed by atoms with Gasteiger partial charge in [-0.05, 0) is 12.1 Å². The van der Waals surface area contributed by atoms with E-state index in [0.29, 0.717) is 0 Å². The molecule has 4 nitrogen and oxygen atoms in total. The molecule has 16 heavy (non-hydrogen) atoms. The molecule has 0 amide bonds. The summed E-state index contributed by atoms with van der Waals surface area (Å²) in [7, 11) is 0. The number of carboxylic acids is 1. The SMILES string of the molecule is O=C(O)c1cc2c3ccccc3ncn2c1. The number of nitrogens with zero attached hydrogens (tertiary/aromatic N) is 2. The second kappa shape index (κ2) is 3.06. The molecule has 2 heterocycles. The van der Waals surface area contributed by atoms with Crippen molar-refractivity contribution in [3.05, 3.63) is 48.4 Å². The molecule has 0 bridgehead atoms. The largest absolute Gasteiger partial charge is 0.478 e. The summed E-state index contributed by atoms with van der Waals surface area (Å²) in [4.78, 5) is 15.1. The minimum Gasteiger partial charge on any atom is -0.478 e. The van der Waals surface area contributed by atoms with E-state index in [0.717, 1.165) is 16.4 Å². The van der Waals surface area contributed by atoms with Gasteiger partial charge in [-0.25, -0.2) is 9.78 Å². The zero-order valence-corrected chi connectivity index (χ0v) is 8.29. The van der Waals surface area contributed by atoms with Crippen molar-refractivity contribution in [2.45, 2.75) is 0 Å². The lowest BCUT2D eigenvalue weighted by atomic mass is 10.2. The number of aromatic carboxylic acids is 1. The van der Waals surface area contributed by atoms with Gasteiger partial charge in [0.25, 0.3) is 0 Å². The van der Waals surface area contributed by atoms with Gasteiger partial charge in [-0.2, -0.15) is 0 Å². The topological polar surface area (TPSA) is 54.6 Å². The van der Waals surface area contributed by atoms with E-state index in [1.54, 1.807) is 23.0 Å². The van der Waals surface area contributed by atoms with Crippen molar-refractivity contribution in [1.29, 1.82) is 0 Å². The normalized spacial score (nSPS) is 11.0. The molecular weight excluding hydrogens is 204 g/mol. The van der Waals surface area contributed by atoms with Crippen molar-refractivity contribution >= 4 is 22.4 Å². The molecule has 4 heteroatoms. The molecule has 0 aliphatic heterocycles. The van der Waals surface area contributed by atoms with Gasteiger partial charge in [-0.3, -0.25) is 0 Å². The number of benzene rings is 1. The highest BCUT2D eigenvalue weighted by Crippen LogP contribution is 2.19. The summed E-state index contributed by atoms with van der Waals surface area (Å²) in [5, 5.41) is 9.88. The van der Waals surface area contributed by atoms with E-state index < -0.39 is 5.97 Å². The molecule has 0 saturated heterocycles. The van der Waals surface area contributed by atoms with Crippen molar-refractivity contribution in [1.82, 2.24) is 9.38 Å². The monoisotopic (exact) mass is 212 g/mol. The first-order chi connectivity index (χ1) is 7.75. The maximum atomic E-state index is 10.9. The average Bonchev–Trinajstić information content (AvgIpc) is 2.73. The maximum absolute atomic E-state index is 10.9. The third-order valence-electron chi connectivity index (χ3n) is 2.60. The van der Waals surface area contributed by atoms with Crippen LogP contribution in [0.3, 0.4) is 0 Å². The van der Waals surface area contributed by atoms with E-state index in [1.807, 2.05) is 24.3 Å². The zero-order valence-electron chi connectivity index (χ0n) is 8.29. The number of para-hydroxylation sites is 1. The van der Waals surface area contributed by atoms with Gasteiger partial charge in [-0.15, -0.1) is 0 Å². The predicted octanol–water partition coefficient (Wildman–Crippen LogP) is 2.19. The Morgan fingerprint density at radius 1 is 1.31 bits per heavy atom. The zero-order chi connectivity index (χ0) is 11.1. The van der Waals surface area contributed by atoms with Crippen LogP contribution in [0, 0.1) is 0 Å². The van der Waals surface area contributed by atoms with Crippen LogP contribution in [0.4, 0.5) is 0 Å². The smallest absolute Gasteiger partial charge is 0.337 e. The van der Waals surface area contributed by atoms with E-state index in [4.69, 9.17) is 5.11 Å². The molecule has 0 saturated carbocycles. The molecule has 3 aromatic rings. The fraction of sp³-hybridized carbons (Fsp3) is 0. The third-order valence-corrected chi connectivity index (χ3v) is 2.60. The van der Waals surface area contributed by atoms with E-state index in [-0.39, 0.29) is 5.56 Å². The third kappa shape index (κ3) is 1.16. The van der Waals surface area contributed by atoms with Crippen molar-refractivity contribution in [3.8, 4) is 0 Å². The fourth-order valence-electron chi connectivity index (χ4n) is 1.84. The minimum atomic E-state index is -0.923. The molecule has 0 aliphatic carbocycles. The Bertz CT molecular complexity index is 700. The molecule has 3 rings (SSSR count). The lowest BCUT2D eigenvalue weighted by molar-refractivity contribution is 0.0697. The lowest BCUT2D eigenvalue weighted by Crippen LogP contribution is -1.92. The van der Waals surface area contributed by atoms with Crippen LogP contribution >= 0.6 is 0 Å². The standard InChI is InChI=1S/C12H8N2O2/c15-12(16)8-5-11-9-3-1-2-4-10(9)13-7-14(11)6-8/h1-7H,(H,15,16). The van der Waals surface area contributed by atoms with Crippen molar-refractivity contribution in [3.63, 3.8) is 0 Å². The predicted molar refractivity (Wildman–Crippen MR) is 59.7 cm³/mol. The molecule has 2 aromatic heterocycles. The molecule has 0 spiro atoms. The Labute approximate surface area is 90.8 Å². The van der Waals surface area contributed by atoms with E-state index in [2.05, 4.69) is 4.98 Å². The molecule has 0 aliphatic rings. The Balaban J connectivity index is 2.46. The van der Waals surface area contributed by atoms with E-state index in [9.17, 15) is 4.79 Å². The minimum absolute atomic E-state index is 0.276. The number of hydrogen-bond acceptors (Lipinski definition) is 2. The quantitative estimate of drug-likeness (QED) is 0.672. The second-order valence-electron chi connectivity index (χ2n) is 3.59. The van der Waals surface area contributed by atoms with Gasteiger partial charge >= 0.3 is 5.97 Å². The van der Waals surface area contributed by atoms with Crippen molar-refractivity contribution in [2.75, 3.05) is 0 Å². The van der Waals surface area contributed by atoms with Crippen LogP contribution in [-0.2, 0) is 0 Å². The Kier molecular flexibility index (Phi) is 1.71. The van der Waals surface area contributed by atoms with Gasteiger partial charge in [0.1, 0.15) is 0 Å². The summed E-state index contributed by atoms with van der Waals surface area (Å²) in [6.45, 7) is 0. The molecule has 0 fully saturated rings. The van der Waals surface area contributed by atoms with Gasteiger partial charge in [-0.1, -0.05) is 18.2 Å².